The molecule has 106 valence electrons. The third-order valence-corrected chi connectivity index (χ3v) is 2.80. The molecule has 0 saturated carbocycles. The zero-order valence-corrected chi connectivity index (χ0v) is 11.6. The summed E-state index contributed by atoms with van der Waals surface area (Å²) in [6.45, 7) is 2.94. The number of carbonyl (C=O) groups excluding carboxylic acids is 1. The smallest absolute Gasteiger partial charge is 0.239 e. The van der Waals surface area contributed by atoms with Gasteiger partial charge in [-0.25, -0.2) is 0 Å². The molecule has 1 N–H and O–H groups in total. The molecule has 0 fully saturated rings. The second-order valence-electron chi connectivity index (χ2n) is 4.43. The maximum absolute atomic E-state index is 10.1. The quantitative estimate of drug-likeness (QED) is 0.378. The summed E-state index contributed by atoms with van der Waals surface area (Å²) in [5.41, 5.74) is 2.15. The number of hydroxylamine groups is 1. The molecule has 4 heteroatoms. The minimum absolute atomic E-state index is 0.490. The van der Waals surface area contributed by atoms with Crippen LogP contribution in [0.3, 0.4) is 0 Å². The fourth-order valence-electron chi connectivity index (χ4n) is 1.79. The molecule has 0 spiro atoms. The van der Waals surface area contributed by atoms with Crippen molar-refractivity contribution in [2.45, 2.75) is 45.4 Å². The van der Waals surface area contributed by atoms with Crippen molar-refractivity contribution in [3.63, 3.8) is 0 Å². The van der Waals surface area contributed by atoms with E-state index >= 15 is 0 Å². The second kappa shape index (κ2) is 10.2. The molecule has 1 aromatic carbocycles. The number of amides is 1. The number of benzene rings is 1. The van der Waals surface area contributed by atoms with Crippen molar-refractivity contribution in [1.29, 1.82) is 0 Å². The number of ether oxygens (including phenoxy) is 1. The highest BCUT2D eigenvalue weighted by molar-refractivity contribution is 5.45. The molecule has 0 heterocycles. The van der Waals surface area contributed by atoms with Crippen molar-refractivity contribution in [1.82, 2.24) is 5.48 Å². The summed E-state index contributed by atoms with van der Waals surface area (Å²) in [5, 5.41) is 0. The Morgan fingerprint density at radius 1 is 1.11 bits per heavy atom. The average molecular weight is 265 g/mol. The summed E-state index contributed by atoms with van der Waals surface area (Å²) in [5.74, 6) is 1.33. The van der Waals surface area contributed by atoms with Gasteiger partial charge in [-0.15, -0.1) is 0 Å². The molecule has 4 nitrogen and oxygen atoms in total. The molecule has 1 amide bonds. The van der Waals surface area contributed by atoms with Crippen LogP contribution < -0.4 is 15.1 Å². The van der Waals surface area contributed by atoms with Crippen molar-refractivity contribution in [3.05, 3.63) is 24.3 Å². The van der Waals surface area contributed by atoms with Gasteiger partial charge in [0.25, 0.3) is 0 Å². The normalized spacial score (nSPS) is 9.95. The molecule has 0 aromatic heterocycles. The Balaban J connectivity index is 2.16. The highest BCUT2D eigenvalue weighted by Crippen LogP contribution is 2.19. The van der Waals surface area contributed by atoms with Crippen molar-refractivity contribution in [2.75, 3.05) is 6.61 Å². The van der Waals surface area contributed by atoms with Gasteiger partial charge in [-0.3, -0.25) is 4.79 Å². The third-order valence-electron chi connectivity index (χ3n) is 2.80. The maximum atomic E-state index is 10.1. The van der Waals surface area contributed by atoms with Gasteiger partial charge in [-0.2, -0.15) is 5.48 Å². The molecule has 0 aliphatic carbocycles. The molecule has 0 saturated heterocycles. The van der Waals surface area contributed by atoms with Crippen LogP contribution in [0.25, 0.3) is 0 Å². The summed E-state index contributed by atoms with van der Waals surface area (Å²) in [4.78, 5) is 15.1. The molecule has 0 unspecified atom stereocenters. The van der Waals surface area contributed by atoms with E-state index in [-0.39, 0.29) is 0 Å². The first kappa shape index (κ1) is 15.3. The number of unbranched alkanes of at least 4 members (excludes halogenated alkanes) is 5. The van der Waals surface area contributed by atoms with E-state index in [0.29, 0.717) is 12.2 Å². The van der Waals surface area contributed by atoms with E-state index in [1.54, 1.807) is 12.1 Å². The van der Waals surface area contributed by atoms with Crippen LogP contribution in [-0.4, -0.2) is 13.0 Å². The standard InChI is InChI=1S/C15H23NO3/c1-2-3-4-5-6-7-11-18-14-9-8-10-15(12-14)19-16-13-17/h8-10,12-13H,2-7,11H2,1H3,(H,16,17). The summed E-state index contributed by atoms with van der Waals surface area (Å²) < 4.78 is 5.64. The molecule has 19 heavy (non-hydrogen) atoms. The lowest BCUT2D eigenvalue weighted by atomic mass is 10.1. The molecule has 0 radical (unpaired) electrons. The van der Waals surface area contributed by atoms with Crippen LogP contribution >= 0.6 is 0 Å². The predicted molar refractivity (Wildman–Crippen MR) is 75.1 cm³/mol. The largest absolute Gasteiger partial charge is 0.493 e. The zero-order chi connectivity index (χ0) is 13.8. The number of nitrogens with one attached hydrogen (secondary N) is 1. The highest BCUT2D eigenvalue weighted by Gasteiger charge is 1.98. The molecule has 0 aliphatic rings. The zero-order valence-electron chi connectivity index (χ0n) is 11.6. The van der Waals surface area contributed by atoms with Gasteiger partial charge in [0.2, 0.25) is 6.41 Å². The highest BCUT2D eigenvalue weighted by atomic mass is 16.7. The average Bonchev–Trinajstić information content (AvgIpc) is 2.44. The first-order valence-corrected chi connectivity index (χ1v) is 6.95. The van der Waals surface area contributed by atoms with Crippen LogP contribution in [0.4, 0.5) is 0 Å². The van der Waals surface area contributed by atoms with Crippen LogP contribution in [0.1, 0.15) is 45.4 Å². The summed E-state index contributed by atoms with van der Waals surface area (Å²) in [6, 6.07) is 7.23. The Hall–Kier alpha value is -1.71. The van der Waals surface area contributed by atoms with Crippen LogP contribution in [0.15, 0.2) is 24.3 Å². The van der Waals surface area contributed by atoms with Gasteiger partial charge in [0.05, 0.1) is 6.61 Å². The van der Waals surface area contributed by atoms with E-state index in [2.05, 4.69) is 12.4 Å². The summed E-state index contributed by atoms with van der Waals surface area (Å²) in [6.07, 6.45) is 7.97. The van der Waals surface area contributed by atoms with E-state index in [9.17, 15) is 4.79 Å². The van der Waals surface area contributed by atoms with E-state index in [1.807, 2.05) is 12.1 Å². The molecule has 0 atom stereocenters. The van der Waals surface area contributed by atoms with Crippen LogP contribution in [0.2, 0.25) is 0 Å². The van der Waals surface area contributed by atoms with Crippen molar-refractivity contribution in [3.8, 4) is 11.5 Å². The van der Waals surface area contributed by atoms with E-state index in [0.717, 1.165) is 18.8 Å². The number of rotatable bonds is 11. The maximum Gasteiger partial charge on any atom is 0.239 e. The molecular formula is C15H23NO3. The first-order valence-electron chi connectivity index (χ1n) is 6.95. The number of hydrogen-bond acceptors (Lipinski definition) is 3. The minimum atomic E-state index is 0.490. The topological polar surface area (TPSA) is 47.6 Å². The molecule has 0 aliphatic heterocycles. The summed E-state index contributed by atoms with van der Waals surface area (Å²) >= 11 is 0. The first-order chi connectivity index (χ1) is 9.36. The molecule has 0 bridgehead atoms. The van der Waals surface area contributed by atoms with Crippen LogP contribution in [0.5, 0.6) is 11.5 Å². The van der Waals surface area contributed by atoms with E-state index in [4.69, 9.17) is 9.57 Å². The SMILES string of the molecule is CCCCCCCCOc1cccc(ONC=O)c1. The minimum Gasteiger partial charge on any atom is -0.493 e. The summed E-state index contributed by atoms with van der Waals surface area (Å²) in [7, 11) is 0. The molecular weight excluding hydrogens is 242 g/mol. The van der Waals surface area contributed by atoms with Gasteiger partial charge < -0.3 is 9.57 Å². The third kappa shape index (κ3) is 7.34. The fraction of sp³-hybridized carbons (Fsp3) is 0.533. The fourth-order valence-corrected chi connectivity index (χ4v) is 1.79. The Kier molecular flexibility index (Phi) is 8.27. The monoisotopic (exact) mass is 265 g/mol. The van der Waals surface area contributed by atoms with Gasteiger partial charge >= 0.3 is 0 Å². The Bertz CT molecular complexity index is 355. The van der Waals surface area contributed by atoms with Crippen LogP contribution in [-0.2, 0) is 4.79 Å². The van der Waals surface area contributed by atoms with Crippen molar-refractivity contribution < 1.29 is 14.4 Å². The number of carbonyl (C=O) groups is 1. The van der Waals surface area contributed by atoms with Gasteiger partial charge in [-0.05, 0) is 18.6 Å². The molecule has 1 aromatic rings. The van der Waals surface area contributed by atoms with Gasteiger partial charge in [0.15, 0.2) is 5.75 Å². The van der Waals surface area contributed by atoms with Gasteiger partial charge in [-0.1, -0.05) is 45.1 Å². The predicted octanol–water partition coefficient (Wildman–Crippen LogP) is 3.47. The van der Waals surface area contributed by atoms with Crippen LogP contribution in [0, 0.1) is 0 Å². The van der Waals surface area contributed by atoms with Gasteiger partial charge in [0.1, 0.15) is 5.75 Å². The molecule has 1 rings (SSSR count). The Morgan fingerprint density at radius 2 is 1.84 bits per heavy atom. The van der Waals surface area contributed by atoms with Gasteiger partial charge in [0, 0.05) is 6.07 Å². The Morgan fingerprint density at radius 3 is 2.63 bits per heavy atom. The van der Waals surface area contributed by atoms with E-state index in [1.165, 1.54) is 32.1 Å². The Labute approximate surface area is 115 Å². The second-order valence-corrected chi connectivity index (χ2v) is 4.43. The lowest BCUT2D eigenvalue weighted by molar-refractivity contribution is -0.115. The van der Waals surface area contributed by atoms with Crippen molar-refractivity contribution >= 4 is 6.41 Å². The number of hydrogen-bond donors (Lipinski definition) is 1. The van der Waals surface area contributed by atoms with Crippen molar-refractivity contribution in [2.24, 2.45) is 0 Å². The lowest BCUT2D eigenvalue weighted by Crippen LogP contribution is -2.15. The lowest BCUT2D eigenvalue weighted by Gasteiger charge is -2.08. The van der Waals surface area contributed by atoms with E-state index < -0.39 is 0 Å².